The van der Waals surface area contributed by atoms with Gasteiger partial charge < -0.3 is 11.5 Å². The molecule has 9 heteroatoms. The van der Waals surface area contributed by atoms with Crippen LogP contribution in [0.5, 0.6) is 0 Å². The number of halogens is 7. The Morgan fingerprint density at radius 1 is 0.810 bits per heavy atom. The maximum atomic E-state index is 12.7. The number of nitrogens with two attached hydrogens (primary N) is 2. The summed E-state index contributed by atoms with van der Waals surface area (Å²) in [6, 6.07) is 3.77. The normalized spacial score (nSPS) is 10.0. The second kappa shape index (κ2) is 7.83. The van der Waals surface area contributed by atoms with E-state index in [4.69, 9.17) is 46.3 Å². The molecular weight excluding hydrogens is 476 g/mol. The van der Waals surface area contributed by atoms with Crippen molar-refractivity contribution in [3.63, 3.8) is 0 Å². The van der Waals surface area contributed by atoms with Crippen LogP contribution in [-0.4, -0.2) is 0 Å². The van der Waals surface area contributed by atoms with Crippen LogP contribution in [0.1, 0.15) is 0 Å². The molecule has 0 atom stereocenters. The Balaban J connectivity index is 0.000000211. The molecule has 2 aromatic carbocycles. The molecule has 0 aliphatic rings. The molecule has 21 heavy (non-hydrogen) atoms. The summed E-state index contributed by atoms with van der Waals surface area (Å²) in [5.41, 5.74) is 10.4. The molecule has 0 aliphatic carbocycles. The Hall–Kier alpha value is -0.270. The highest BCUT2D eigenvalue weighted by molar-refractivity contribution is 9.10. The van der Waals surface area contributed by atoms with Gasteiger partial charge in [0.15, 0.2) is 0 Å². The summed E-state index contributed by atoms with van der Waals surface area (Å²) in [4.78, 5) is 0. The Bertz CT molecular complexity index is 608. The van der Waals surface area contributed by atoms with E-state index in [1.54, 1.807) is 0 Å². The highest BCUT2D eigenvalue weighted by atomic mass is 79.9. The van der Waals surface area contributed by atoms with Gasteiger partial charge in [0.05, 0.1) is 26.4 Å². The predicted molar refractivity (Wildman–Crippen MR) is 92.1 cm³/mol. The van der Waals surface area contributed by atoms with Crippen molar-refractivity contribution in [3.8, 4) is 0 Å². The molecule has 0 amide bonds. The number of rotatable bonds is 0. The van der Waals surface area contributed by atoms with Crippen LogP contribution in [0.25, 0.3) is 0 Å². The molecule has 0 bridgehead atoms. The summed E-state index contributed by atoms with van der Waals surface area (Å²) >= 11 is 22.9. The van der Waals surface area contributed by atoms with E-state index < -0.39 is 11.6 Å². The minimum Gasteiger partial charge on any atom is -0.396 e. The van der Waals surface area contributed by atoms with Gasteiger partial charge in [-0.3, -0.25) is 0 Å². The highest BCUT2D eigenvalue weighted by Gasteiger charge is 2.10. The van der Waals surface area contributed by atoms with E-state index in [9.17, 15) is 8.78 Å². The Morgan fingerprint density at radius 3 is 1.86 bits per heavy atom. The van der Waals surface area contributed by atoms with Crippen molar-refractivity contribution >= 4 is 78.0 Å². The lowest BCUT2D eigenvalue weighted by Crippen LogP contribution is -1.92. The van der Waals surface area contributed by atoms with E-state index in [1.165, 1.54) is 18.2 Å². The van der Waals surface area contributed by atoms with Crippen LogP contribution in [0.3, 0.4) is 0 Å². The molecule has 0 radical (unpaired) electrons. The van der Waals surface area contributed by atoms with Crippen molar-refractivity contribution < 1.29 is 8.78 Å². The molecule has 0 aliphatic heterocycles. The lowest BCUT2D eigenvalue weighted by Gasteiger charge is -2.03. The monoisotopic (exact) mass is 480 g/mol. The van der Waals surface area contributed by atoms with Gasteiger partial charge in [0, 0.05) is 8.95 Å². The van der Waals surface area contributed by atoms with Gasteiger partial charge in [0.25, 0.3) is 0 Å². The number of hydrogen-bond donors (Lipinski definition) is 2. The molecule has 2 rings (SSSR count). The molecule has 0 unspecified atom stereocenters. The first-order chi connectivity index (χ1) is 9.65. The zero-order valence-electron chi connectivity index (χ0n) is 10.0. The molecule has 0 spiro atoms. The topological polar surface area (TPSA) is 52.0 Å². The SMILES string of the molecule is Nc1c(F)cc(Br)c(Cl)c1Cl.Nc1cc(Cl)c(Br)cc1F. The van der Waals surface area contributed by atoms with Gasteiger partial charge in [0.2, 0.25) is 0 Å². The van der Waals surface area contributed by atoms with Gasteiger partial charge in [-0.1, -0.05) is 34.8 Å². The molecule has 2 nitrogen and oxygen atoms in total. The van der Waals surface area contributed by atoms with Crippen LogP contribution in [0.15, 0.2) is 27.1 Å². The zero-order chi connectivity index (χ0) is 16.3. The van der Waals surface area contributed by atoms with Crippen molar-refractivity contribution in [1.82, 2.24) is 0 Å². The first-order valence-electron chi connectivity index (χ1n) is 5.13. The Kier molecular flexibility index (Phi) is 7.00. The predicted octanol–water partition coefficient (Wildman–Crippen LogP) is 6.30. The molecule has 0 heterocycles. The van der Waals surface area contributed by atoms with Gasteiger partial charge in [-0.05, 0) is 50.1 Å². The lowest BCUT2D eigenvalue weighted by atomic mass is 10.3. The maximum Gasteiger partial charge on any atom is 0.148 e. The van der Waals surface area contributed by atoms with Crippen LogP contribution >= 0.6 is 66.7 Å². The molecule has 4 N–H and O–H groups in total. The number of benzene rings is 2. The number of hydrogen-bond acceptors (Lipinski definition) is 2. The van der Waals surface area contributed by atoms with E-state index in [0.29, 0.717) is 14.0 Å². The fourth-order valence-electron chi connectivity index (χ4n) is 1.12. The summed E-state index contributed by atoms with van der Waals surface area (Å²) in [6.07, 6.45) is 0. The maximum absolute atomic E-state index is 12.7. The summed E-state index contributed by atoms with van der Waals surface area (Å²) in [6.45, 7) is 0. The molecule has 0 fully saturated rings. The Labute approximate surface area is 151 Å². The fourth-order valence-corrected chi connectivity index (χ4v) is 2.47. The summed E-state index contributed by atoms with van der Waals surface area (Å²) in [5.74, 6) is -1.04. The van der Waals surface area contributed by atoms with E-state index in [0.717, 1.165) is 0 Å². The largest absolute Gasteiger partial charge is 0.396 e. The third kappa shape index (κ3) is 4.86. The Morgan fingerprint density at radius 2 is 1.33 bits per heavy atom. The third-order valence-corrected chi connectivity index (χ3v) is 5.12. The van der Waals surface area contributed by atoms with E-state index in [-0.39, 0.29) is 21.4 Å². The highest BCUT2D eigenvalue weighted by Crippen LogP contribution is 2.36. The second-order valence-corrected chi connectivity index (χ2v) is 6.54. The van der Waals surface area contributed by atoms with Gasteiger partial charge in [-0.2, -0.15) is 0 Å². The fraction of sp³-hybridized carbons (Fsp3) is 0. The molecule has 0 saturated heterocycles. The van der Waals surface area contributed by atoms with E-state index >= 15 is 0 Å². The standard InChI is InChI=1S/C6H3BrCl2FN.C6H4BrClFN/c7-2-1-3(10)6(11)5(9)4(2)8;7-3-1-5(9)6(10)2-4(3)8/h1H,11H2;1-2H,10H2. The number of nitrogen functional groups attached to an aromatic ring is 2. The molecule has 114 valence electrons. The molecule has 2 aromatic rings. The van der Waals surface area contributed by atoms with Crippen molar-refractivity contribution in [2.75, 3.05) is 11.5 Å². The first kappa shape index (κ1) is 18.8. The van der Waals surface area contributed by atoms with Crippen LogP contribution in [0.4, 0.5) is 20.2 Å². The minimum atomic E-state index is -0.578. The molecule has 0 aromatic heterocycles. The van der Waals surface area contributed by atoms with Crippen molar-refractivity contribution in [3.05, 3.63) is 53.8 Å². The minimum absolute atomic E-state index is 0.0403. The van der Waals surface area contributed by atoms with Crippen molar-refractivity contribution in [1.29, 1.82) is 0 Å². The average molecular weight is 483 g/mol. The van der Waals surface area contributed by atoms with Gasteiger partial charge in [0.1, 0.15) is 11.6 Å². The van der Waals surface area contributed by atoms with Crippen molar-refractivity contribution in [2.24, 2.45) is 0 Å². The van der Waals surface area contributed by atoms with Gasteiger partial charge in [-0.25, -0.2) is 8.78 Å². The van der Waals surface area contributed by atoms with Gasteiger partial charge >= 0.3 is 0 Å². The second-order valence-electron chi connectivity index (χ2n) is 3.67. The smallest absolute Gasteiger partial charge is 0.148 e. The van der Waals surface area contributed by atoms with E-state index in [1.807, 2.05) is 0 Å². The number of anilines is 2. The summed E-state index contributed by atoms with van der Waals surface area (Å²) in [7, 11) is 0. The lowest BCUT2D eigenvalue weighted by molar-refractivity contribution is 0.631. The van der Waals surface area contributed by atoms with Crippen LogP contribution in [-0.2, 0) is 0 Å². The van der Waals surface area contributed by atoms with Crippen molar-refractivity contribution in [2.45, 2.75) is 0 Å². The van der Waals surface area contributed by atoms with Gasteiger partial charge in [-0.15, -0.1) is 0 Å². The quantitative estimate of drug-likeness (QED) is 0.263. The molecular formula is C12H7Br2Cl3F2N2. The average Bonchev–Trinajstić information content (AvgIpc) is 2.42. The summed E-state index contributed by atoms with van der Waals surface area (Å²) in [5, 5.41) is 0.683. The first-order valence-corrected chi connectivity index (χ1v) is 7.85. The van der Waals surface area contributed by atoms with E-state index in [2.05, 4.69) is 31.9 Å². The van der Waals surface area contributed by atoms with Crippen LogP contribution in [0.2, 0.25) is 15.1 Å². The van der Waals surface area contributed by atoms with Crippen LogP contribution < -0.4 is 11.5 Å². The zero-order valence-corrected chi connectivity index (χ0v) is 15.5. The third-order valence-electron chi connectivity index (χ3n) is 2.19. The molecule has 0 saturated carbocycles. The van der Waals surface area contributed by atoms with Crippen LogP contribution in [0, 0.1) is 11.6 Å². The summed E-state index contributed by atoms with van der Waals surface area (Å²) < 4.78 is 26.2.